The first-order valence-corrected chi connectivity index (χ1v) is 8.92. The molecular weight excluding hydrogens is 343 g/mol. The first-order chi connectivity index (χ1) is 12.3. The summed E-state index contributed by atoms with van der Waals surface area (Å²) in [6.07, 6.45) is -2.23. The number of piperazine rings is 1. The zero-order valence-electron chi connectivity index (χ0n) is 15.0. The number of hydrogen-bond donors (Lipinski definition) is 1. The Morgan fingerprint density at radius 2 is 2.04 bits per heavy atom. The van der Waals surface area contributed by atoms with Gasteiger partial charge < -0.3 is 10.0 Å². The summed E-state index contributed by atoms with van der Waals surface area (Å²) in [7, 11) is 0. The highest BCUT2D eigenvalue weighted by Crippen LogP contribution is 2.34. The van der Waals surface area contributed by atoms with E-state index < -0.39 is 11.7 Å². The third kappa shape index (κ3) is 3.94. The minimum atomic E-state index is -4.37. The first-order valence-electron chi connectivity index (χ1n) is 8.92. The van der Waals surface area contributed by atoms with E-state index in [-0.39, 0.29) is 6.10 Å². The average Bonchev–Trinajstić information content (AvgIpc) is 2.60. The van der Waals surface area contributed by atoms with Gasteiger partial charge in [-0.15, -0.1) is 0 Å². The zero-order chi connectivity index (χ0) is 18.9. The molecule has 142 valence electrons. The zero-order valence-corrected chi connectivity index (χ0v) is 15.0. The van der Waals surface area contributed by atoms with Crippen molar-refractivity contribution in [3.8, 4) is 0 Å². The predicted molar refractivity (Wildman–Crippen MR) is 96.3 cm³/mol. The maximum absolute atomic E-state index is 13.0. The van der Waals surface area contributed by atoms with E-state index in [0.717, 1.165) is 49.3 Å². The Bertz CT molecular complexity index is 763. The van der Waals surface area contributed by atoms with Crippen LogP contribution in [0.25, 0.3) is 10.9 Å². The topological polar surface area (TPSA) is 39.6 Å². The van der Waals surface area contributed by atoms with Gasteiger partial charge >= 0.3 is 6.18 Å². The summed E-state index contributed by atoms with van der Waals surface area (Å²) in [6.45, 7) is 6.90. The molecule has 2 heterocycles. The summed E-state index contributed by atoms with van der Waals surface area (Å²) in [6, 6.07) is 5.92. The van der Waals surface area contributed by atoms with Crippen molar-refractivity contribution in [2.24, 2.45) is 0 Å². The number of rotatable bonds is 4. The lowest BCUT2D eigenvalue weighted by Crippen LogP contribution is -2.54. The molecule has 7 heteroatoms. The quantitative estimate of drug-likeness (QED) is 0.897. The van der Waals surface area contributed by atoms with Crippen molar-refractivity contribution in [1.29, 1.82) is 0 Å². The molecule has 0 spiro atoms. The molecule has 4 nitrogen and oxygen atoms in total. The van der Waals surface area contributed by atoms with E-state index in [9.17, 15) is 18.3 Å². The molecule has 1 aromatic carbocycles. The van der Waals surface area contributed by atoms with Crippen molar-refractivity contribution in [2.75, 3.05) is 31.1 Å². The van der Waals surface area contributed by atoms with Crippen LogP contribution in [0.4, 0.5) is 18.9 Å². The molecule has 1 fully saturated rings. The van der Waals surface area contributed by atoms with Gasteiger partial charge in [-0.3, -0.25) is 9.88 Å². The summed E-state index contributed by atoms with van der Waals surface area (Å²) in [5.74, 6) is 0. The van der Waals surface area contributed by atoms with Crippen LogP contribution >= 0.6 is 0 Å². The molecule has 1 aromatic heterocycles. The van der Waals surface area contributed by atoms with Crippen LogP contribution in [0.2, 0.25) is 0 Å². The molecule has 1 aliphatic rings. The smallest absolute Gasteiger partial charge is 0.392 e. The van der Waals surface area contributed by atoms with Gasteiger partial charge in [-0.25, -0.2) is 0 Å². The number of halogens is 3. The summed E-state index contributed by atoms with van der Waals surface area (Å²) >= 11 is 0. The van der Waals surface area contributed by atoms with Crippen molar-refractivity contribution in [1.82, 2.24) is 9.88 Å². The molecule has 2 unspecified atom stereocenters. The van der Waals surface area contributed by atoms with Crippen molar-refractivity contribution >= 4 is 16.6 Å². The lowest BCUT2D eigenvalue weighted by molar-refractivity contribution is -0.137. The second-order valence-electron chi connectivity index (χ2n) is 6.91. The van der Waals surface area contributed by atoms with Gasteiger partial charge in [0, 0.05) is 49.5 Å². The van der Waals surface area contributed by atoms with E-state index >= 15 is 0 Å². The lowest BCUT2D eigenvalue weighted by atomic mass is 10.1. The number of β-amino-alcohol motifs (C(OH)–C–C–N with tert-alkyl or cyclic N) is 1. The number of nitrogens with zero attached hydrogens (tertiary/aromatic N) is 3. The van der Waals surface area contributed by atoms with E-state index in [1.54, 1.807) is 13.1 Å². The average molecular weight is 367 g/mol. The van der Waals surface area contributed by atoms with Crippen LogP contribution in [-0.2, 0) is 6.18 Å². The van der Waals surface area contributed by atoms with E-state index in [1.165, 1.54) is 6.07 Å². The van der Waals surface area contributed by atoms with Crippen LogP contribution in [0.5, 0.6) is 0 Å². The molecule has 0 amide bonds. The number of anilines is 1. The summed E-state index contributed by atoms with van der Waals surface area (Å²) in [5.41, 5.74) is 0.596. The Hall–Kier alpha value is -1.86. The van der Waals surface area contributed by atoms with E-state index in [1.807, 2.05) is 6.07 Å². The number of alkyl halides is 3. The number of aliphatic hydroxyl groups excluding tert-OH is 1. The number of benzene rings is 1. The number of fused-ring (bicyclic) bond motifs is 1. The van der Waals surface area contributed by atoms with E-state index in [4.69, 9.17) is 0 Å². The van der Waals surface area contributed by atoms with Gasteiger partial charge in [0.25, 0.3) is 0 Å². The normalized spacial score (nSPS) is 20.5. The minimum Gasteiger partial charge on any atom is -0.392 e. The number of aliphatic hydroxyl groups is 1. The highest BCUT2D eigenvalue weighted by Gasteiger charge is 2.31. The van der Waals surface area contributed by atoms with Crippen molar-refractivity contribution in [2.45, 2.75) is 38.6 Å². The molecule has 0 aliphatic carbocycles. The van der Waals surface area contributed by atoms with Crippen LogP contribution in [0, 0.1) is 0 Å². The fourth-order valence-electron chi connectivity index (χ4n) is 3.66. The monoisotopic (exact) mass is 367 g/mol. The van der Waals surface area contributed by atoms with E-state index in [0.29, 0.717) is 18.1 Å². The molecule has 1 saturated heterocycles. The van der Waals surface area contributed by atoms with Crippen molar-refractivity contribution < 1.29 is 18.3 Å². The largest absolute Gasteiger partial charge is 0.416 e. The van der Waals surface area contributed by atoms with Gasteiger partial charge in [0.15, 0.2) is 0 Å². The molecule has 2 atom stereocenters. The van der Waals surface area contributed by atoms with Crippen molar-refractivity contribution in [3.63, 3.8) is 0 Å². The summed E-state index contributed by atoms with van der Waals surface area (Å²) in [5, 5.41) is 10.4. The maximum atomic E-state index is 13.0. The molecular formula is C19H24F3N3O. The fourth-order valence-corrected chi connectivity index (χ4v) is 3.66. The molecule has 2 aromatic rings. The van der Waals surface area contributed by atoms with E-state index in [2.05, 4.69) is 21.7 Å². The molecule has 0 radical (unpaired) electrons. The second kappa shape index (κ2) is 7.40. The lowest BCUT2D eigenvalue weighted by Gasteiger charge is -2.43. The highest BCUT2D eigenvalue weighted by molar-refractivity contribution is 5.92. The second-order valence-corrected chi connectivity index (χ2v) is 6.91. The fraction of sp³-hybridized carbons (Fsp3) is 0.526. The number of hydrogen-bond acceptors (Lipinski definition) is 4. The van der Waals surface area contributed by atoms with Gasteiger partial charge in [-0.2, -0.15) is 13.2 Å². The van der Waals surface area contributed by atoms with Gasteiger partial charge in [0.2, 0.25) is 0 Å². The van der Waals surface area contributed by atoms with Gasteiger partial charge in [0.05, 0.1) is 17.2 Å². The van der Waals surface area contributed by atoms with Gasteiger partial charge in [0.1, 0.15) is 0 Å². The SMILES string of the molecule is CCC1CN(c2ccnc3cc(C(F)(F)F)ccc23)CCN1CC(C)O. The van der Waals surface area contributed by atoms with Crippen LogP contribution in [0.15, 0.2) is 30.5 Å². The highest BCUT2D eigenvalue weighted by atomic mass is 19.4. The molecule has 1 N–H and O–H groups in total. The van der Waals surface area contributed by atoms with Crippen LogP contribution < -0.4 is 4.90 Å². The third-order valence-electron chi connectivity index (χ3n) is 4.96. The molecule has 3 rings (SSSR count). The third-order valence-corrected chi connectivity index (χ3v) is 4.96. The van der Waals surface area contributed by atoms with Crippen LogP contribution in [0.1, 0.15) is 25.8 Å². The standard InChI is InChI=1S/C19H24F3N3O/c1-3-15-12-25(9-8-24(15)11-13(2)26)18-6-7-23-17-10-14(19(20,21)22)4-5-16(17)18/h4-7,10,13,15,26H,3,8-9,11-12H2,1-2H3. The Labute approximate surface area is 151 Å². The van der Waals surface area contributed by atoms with Crippen LogP contribution in [0.3, 0.4) is 0 Å². The predicted octanol–water partition coefficient (Wildman–Crippen LogP) is 3.54. The molecule has 1 aliphatic heterocycles. The Kier molecular flexibility index (Phi) is 5.39. The Balaban J connectivity index is 1.89. The maximum Gasteiger partial charge on any atom is 0.416 e. The summed E-state index contributed by atoms with van der Waals surface area (Å²) < 4.78 is 38.9. The minimum absolute atomic E-state index is 0.302. The van der Waals surface area contributed by atoms with Gasteiger partial charge in [-0.1, -0.05) is 13.0 Å². The van der Waals surface area contributed by atoms with Crippen LogP contribution in [-0.4, -0.2) is 53.3 Å². The van der Waals surface area contributed by atoms with Gasteiger partial charge in [-0.05, 0) is 31.5 Å². The Morgan fingerprint density at radius 3 is 2.69 bits per heavy atom. The molecule has 0 saturated carbocycles. The molecule has 0 bridgehead atoms. The first kappa shape index (κ1) is 18.9. The number of pyridine rings is 1. The number of aromatic nitrogens is 1. The Morgan fingerprint density at radius 1 is 1.27 bits per heavy atom. The molecule has 26 heavy (non-hydrogen) atoms. The van der Waals surface area contributed by atoms with Crippen molar-refractivity contribution in [3.05, 3.63) is 36.0 Å². The summed E-state index contributed by atoms with van der Waals surface area (Å²) in [4.78, 5) is 8.63.